The molecular weight excluding hydrogens is 319 g/mol. The van der Waals surface area contributed by atoms with Gasteiger partial charge in [-0.3, -0.25) is 4.79 Å². The zero-order valence-electron chi connectivity index (χ0n) is 16.6. The number of rotatable bonds is 18. The van der Waals surface area contributed by atoms with Crippen LogP contribution in [0.2, 0.25) is 0 Å². The zero-order chi connectivity index (χ0) is 18.8. The molecule has 1 N–H and O–H groups in total. The lowest BCUT2D eigenvalue weighted by Crippen LogP contribution is -2.26. The summed E-state index contributed by atoms with van der Waals surface area (Å²) in [6.07, 6.45) is 13.8. The standard InChI is InChI=1S/C21H41FO3/c1-3-5-6-7-8-9-10-11-12-13-14-15-16-17-19(22)20(23)18-21(24)25-4-2/h19-20,23H,3-18H2,1-2H3. The van der Waals surface area contributed by atoms with Crippen LogP contribution in [0.3, 0.4) is 0 Å². The average Bonchev–Trinajstić information content (AvgIpc) is 2.58. The average molecular weight is 361 g/mol. The number of hydrogen-bond acceptors (Lipinski definition) is 3. The molecule has 0 fully saturated rings. The summed E-state index contributed by atoms with van der Waals surface area (Å²) >= 11 is 0. The predicted octanol–water partition coefficient (Wildman–Crippen LogP) is 6.12. The van der Waals surface area contributed by atoms with Gasteiger partial charge in [0.25, 0.3) is 0 Å². The van der Waals surface area contributed by atoms with E-state index in [1.165, 1.54) is 64.2 Å². The van der Waals surface area contributed by atoms with E-state index in [2.05, 4.69) is 6.92 Å². The highest BCUT2D eigenvalue weighted by molar-refractivity contribution is 5.69. The van der Waals surface area contributed by atoms with E-state index in [1.54, 1.807) is 6.92 Å². The van der Waals surface area contributed by atoms with Crippen LogP contribution in [0.15, 0.2) is 0 Å². The van der Waals surface area contributed by atoms with E-state index < -0.39 is 18.2 Å². The molecule has 0 rings (SSSR count). The van der Waals surface area contributed by atoms with Crippen LogP contribution in [-0.2, 0) is 9.53 Å². The van der Waals surface area contributed by atoms with Gasteiger partial charge >= 0.3 is 5.97 Å². The molecule has 0 aliphatic rings. The van der Waals surface area contributed by atoms with Gasteiger partial charge in [-0.1, -0.05) is 90.4 Å². The van der Waals surface area contributed by atoms with E-state index >= 15 is 0 Å². The Morgan fingerprint density at radius 2 is 1.28 bits per heavy atom. The Kier molecular flexibility index (Phi) is 17.7. The van der Waals surface area contributed by atoms with Crippen molar-refractivity contribution in [2.75, 3.05) is 6.61 Å². The second-order valence-electron chi connectivity index (χ2n) is 7.12. The number of aliphatic hydroxyl groups is 1. The van der Waals surface area contributed by atoms with Crippen molar-refractivity contribution in [1.29, 1.82) is 0 Å². The number of aliphatic hydroxyl groups excluding tert-OH is 1. The number of alkyl halides is 1. The summed E-state index contributed by atoms with van der Waals surface area (Å²) in [6, 6.07) is 0. The molecule has 0 radical (unpaired) electrons. The lowest BCUT2D eigenvalue weighted by Gasteiger charge is -2.14. The van der Waals surface area contributed by atoms with Crippen molar-refractivity contribution in [2.45, 2.75) is 122 Å². The third-order valence-corrected chi connectivity index (χ3v) is 4.68. The number of esters is 1. The van der Waals surface area contributed by atoms with Crippen molar-refractivity contribution in [3.8, 4) is 0 Å². The maximum Gasteiger partial charge on any atom is 0.308 e. The smallest absolute Gasteiger partial charge is 0.308 e. The molecule has 25 heavy (non-hydrogen) atoms. The van der Waals surface area contributed by atoms with Crippen LogP contribution in [-0.4, -0.2) is 30.0 Å². The number of ether oxygens (including phenoxy) is 1. The fraction of sp³-hybridized carbons (Fsp3) is 0.952. The molecule has 2 unspecified atom stereocenters. The van der Waals surface area contributed by atoms with E-state index in [1.807, 2.05) is 0 Å². The topological polar surface area (TPSA) is 46.5 Å². The minimum atomic E-state index is -1.32. The fourth-order valence-corrected chi connectivity index (χ4v) is 3.07. The molecule has 0 amide bonds. The molecule has 0 aromatic rings. The minimum Gasteiger partial charge on any atom is -0.466 e. The van der Waals surface area contributed by atoms with Gasteiger partial charge in [-0.2, -0.15) is 0 Å². The van der Waals surface area contributed by atoms with Crippen molar-refractivity contribution in [3.63, 3.8) is 0 Å². The van der Waals surface area contributed by atoms with Gasteiger partial charge in [0.2, 0.25) is 0 Å². The Morgan fingerprint density at radius 3 is 1.72 bits per heavy atom. The van der Waals surface area contributed by atoms with Crippen molar-refractivity contribution >= 4 is 5.97 Å². The molecule has 0 bridgehead atoms. The molecule has 0 aromatic carbocycles. The Balaban J connectivity index is 3.33. The molecule has 0 aliphatic heterocycles. The molecule has 4 heteroatoms. The van der Waals surface area contributed by atoms with Crippen LogP contribution in [0.5, 0.6) is 0 Å². The lowest BCUT2D eigenvalue weighted by atomic mass is 10.0. The van der Waals surface area contributed by atoms with E-state index in [9.17, 15) is 14.3 Å². The van der Waals surface area contributed by atoms with Crippen molar-refractivity contribution in [1.82, 2.24) is 0 Å². The second kappa shape index (κ2) is 18.2. The van der Waals surface area contributed by atoms with Crippen LogP contribution in [0.1, 0.15) is 110 Å². The largest absolute Gasteiger partial charge is 0.466 e. The third kappa shape index (κ3) is 16.6. The maximum atomic E-state index is 13.8. The molecule has 150 valence electrons. The SMILES string of the molecule is CCCCCCCCCCCCCCCC(F)C(O)CC(=O)OCC. The minimum absolute atomic E-state index is 0.243. The molecule has 2 atom stereocenters. The predicted molar refractivity (Wildman–Crippen MR) is 102 cm³/mol. The number of carbonyl (C=O) groups excluding carboxylic acids is 1. The normalized spacial score (nSPS) is 13.6. The molecule has 0 spiro atoms. The zero-order valence-corrected chi connectivity index (χ0v) is 16.6. The summed E-state index contributed by atoms with van der Waals surface area (Å²) in [4.78, 5) is 11.2. The van der Waals surface area contributed by atoms with Crippen LogP contribution < -0.4 is 0 Å². The maximum absolute atomic E-state index is 13.8. The fourth-order valence-electron chi connectivity index (χ4n) is 3.07. The van der Waals surface area contributed by atoms with Crippen molar-refractivity contribution in [3.05, 3.63) is 0 Å². The molecule has 0 saturated heterocycles. The molecule has 0 aromatic heterocycles. The van der Waals surface area contributed by atoms with Gasteiger partial charge < -0.3 is 9.84 Å². The first kappa shape index (κ1) is 24.4. The summed E-state index contributed by atoms with van der Waals surface area (Å²) in [5.74, 6) is -0.525. The molecule has 0 saturated carbocycles. The van der Waals surface area contributed by atoms with Gasteiger partial charge in [-0.25, -0.2) is 4.39 Å². The van der Waals surface area contributed by atoms with Gasteiger partial charge in [-0.15, -0.1) is 0 Å². The van der Waals surface area contributed by atoms with Crippen molar-refractivity contribution in [2.24, 2.45) is 0 Å². The Morgan fingerprint density at radius 1 is 0.840 bits per heavy atom. The number of carbonyl (C=O) groups is 1. The van der Waals surface area contributed by atoms with Gasteiger partial charge in [0.15, 0.2) is 0 Å². The van der Waals surface area contributed by atoms with Crippen LogP contribution in [0.25, 0.3) is 0 Å². The first-order valence-corrected chi connectivity index (χ1v) is 10.6. The van der Waals surface area contributed by atoms with Crippen LogP contribution in [0, 0.1) is 0 Å². The Hall–Kier alpha value is -0.640. The molecule has 0 aliphatic carbocycles. The van der Waals surface area contributed by atoms with E-state index in [-0.39, 0.29) is 13.0 Å². The third-order valence-electron chi connectivity index (χ3n) is 4.68. The van der Waals surface area contributed by atoms with Gasteiger partial charge in [-0.05, 0) is 13.3 Å². The van der Waals surface area contributed by atoms with E-state index in [4.69, 9.17) is 4.74 Å². The monoisotopic (exact) mass is 360 g/mol. The van der Waals surface area contributed by atoms with Gasteiger partial charge in [0, 0.05) is 0 Å². The van der Waals surface area contributed by atoms with Crippen molar-refractivity contribution < 1.29 is 19.0 Å². The highest BCUT2D eigenvalue weighted by Gasteiger charge is 2.21. The van der Waals surface area contributed by atoms with E-state index in [0.29, 0.717) is 6.42 Å². The number of unbranched alkanes of at least 4 members (excludes halogenated alkanes) is 12. The Labute approximate surface area is 154 Å². The Bertz CT molecular complexity index is 297. The summed E-state index contributed by atoms with van der Waals surface area (Å²) in [6.45, 7) is 4.21. The first-order valence-electron chi connectivity index (χ1n) is 10.6. The lowest BCUT2D eigenvalue weighted by molar-refractivity contribution is -0.146. The summed E-state index contributed by atoms with van der Waals surface area (Å²) in [5, 5.41) is 9.63. The second-order valence-corrected chi connectivity index (χ2v) is 7.12. The van der Waals surface area contributed by atoms with Gasteiger partial charge in [0.05, 0.1) is 19.1 Å². The summed E-state index contributed by atoms with van der Waals surface area (Å²) in [7, 11) is 0. The molecule has 3 nitrogen and oxygen atoms in total. The molecule has 0 heterocycles. The van der Waals surface area contributed by atoms with E-state index in [0.717, 1.165) is 19.3 Å². The molecular formula is C21H41FO3. The first-order chi connectivity index (χ1) is 12.1. The number of hydrogen-bond donors (Lipinski definition) is 1. The quantitative estimate of drug-likeness (QED) is 0.236. The highest BCUT2D eigenvalue weighted by Crippen LogP contribution is 2.16. The van der Waals surface area contributed by atoms with Crippen LogP contribution in [0.4, 0.5) is 4.39 Å². The highest BCUT2D eigenvalue weighted by atomic mass is 19.1. The summed E-state index contributed by atoms with van der Waals surface area (Å²) < 4.78 is 18.5. The van der Waals surface area contributed by atoms with Gasteiger partial charge in [0.1, 0.15) is 6.17 Å². The van der Waals surface area contributed by atoms with Crippen LogP contribution >= 0.6 is 0 Å². The number of halogens is 1. The summed E-state index contributed by atoms with van der Waals surface area (Å²) in [5.41, 5.74) is 0.